The fourth-order valence-electron chi connectivity index (χ4n) is 2.70. The van der Waals surface area contributed by atoms with Gasteiger partial charge in [-0.15, -0.1) is 0 Å². The van der Waals surface area contributed by atoms with Gasteiger partial charge in [-0.25, -0.2) is 19.9 Å². The molecule has 4 aromatic heterocycles. The fraction of sp³-hybridized carbons (Fsp3) is 0.111. The molecule has 0 aliphatic rings. The number of halogens is 4. The largest absolute Gasteiger partial charge is 0.497 e. The van der Waals surface area contributed by atoms with E-state index in [4.69, 9.17) is 51.1 Å². The van der Waals surface area contributed by atoms with E-state index in [1.54, 1.807) is 13.4 Å². The van der Waals surface area contributed by atoms with E-state index in [1.165, 1.54) is 6.33 Å². The van der Waals surface area contributed by atoms with Crippen molar-refractivity contribution in [1.82, 2.24) is 39.5 Å². The molecule has 0 unspecified atom stereocenters. The zero-order valence-electron chi connectivity index (χ0n) is 15.7. The quantitative estimate of drug-likeness (QED) is 0.280. The number of hydrogen-bond acceptors (Lipinski definition) is 7. The first-order chi connectivity index (χ1) is 14.9. The molecule has 0 bridgehead atoms. The molecule has 4 heterocycles. The van der Waals surface area contributed by atoms with Gasteiger partial charge in [0.2, 0.25) is 10.6 Å². The summed E-state index contributed by atoms with van der Waals surface area (Å²) in [6.07, 6.45) is 3.16. The summed E-state index contributed by atoms with van der Waals surface area (Å²) in [6.45, 7) is 0.615. The van der Waals surface area contributed by atoms with Crippen LogP contribution in [0.25, 0.3) is 22.3 Å². The van der Waals surface area contributed by atoms with Crippen LogP contribution in [0.15, 0.2) is 36.9 Å². The lowest BCUT2D eigenvalue weighted by atomic mass is 10.2. The van der Waals surface area contributed by atoms with Crippen LogP contribution in [0.4, 0.5) is 0 Å². The van der Waals surface area contributed by atoms with Gasteiger partial charge in [-0.2, -0.15) is 9.97 Å². The van der Waals surface area contributed by atoms with Crippen molar-refractivity contribution < 1.29 is 4.74 Å². The summed E-state index contributed by atoms with van der Waals surface area (Å²) in [5.74, 6) is 0.817. The van der Waals surface area contributed by atoms with Crippen molar-refractivity contribution in [3.63, 3.8) is 0 Å². The number of nitrogens with zero attached hydrogens (tertiary/aromatic N) is 7. The lowest BCUT2D eigenvalue weighted by Crippen LogP contribution is -2.00. The Morgan fingerprint density at radius 2 is 1.61 bits per heavy atom. The van der Waals surface area contributed by atoms with Gasteiger partial charge in [0, 0.05) is 0 Å². The molecule has 1 aromatic carbocycles. The number of H-pyrrole nitrogens is 1. The summed E-state index contributed by atoms with van der Waals surface area (Å²) in [5, 5.41) is 0.763. The topological polar surface area (TPSA) is 107 Å². The van der Waals surface area contributed by atoms with E-state index in [2.05, 4.69) is 34.9 Å². The molecule has 0 fully saturated rings. The highest BCUT2D eigenvalue weighted by Gasteiger charge is 2.11. The van der Waals surface area contributed by atoms with Gasteiger partial charge in [0.25, 0.3) is 0 Å². The van der Waals surface area contributed by atoms with Gasteiger partial charge in [-0.3, -0.25) is 0 Å². The maximum Gasteiger partial charge on any atom is 0.225 e. The number of hydrogen-bond donors (Lipinski definition) is 1. The number of imidazole rings is 2. The van der Waals surface area contributed by atoms with Crippen molar-refractivity contribution in [3.05, 3.63) is 63.4 Å². The van der Waals surface area contributed by atoms with Crippen LogP contribution < -0.4 is 4.74 Å². The van der Waals surface area contributed by atoms with E-state index in [0.717, 1.165) is 11.3 Å². The van der Waals surface area contributed by atoms with E-state index in [0.29, 0.717) is 28.9 Å². The Kier molecular flexibility index (Phi) is 6.38. The molecule has 0 amide bonds. The lowest BCUT2D eigenvalue weighted by Gasteiger charge is -2.05. The van der Waals surface area contributed by atoms with Crippen molar-refractivity contribution in [1.29, 1.82) is 0 Å². The van der Waals surface area contributed by atoms with Crippen LogP contribution in [0, 0.1) is 0 Å². The van der Waals surface area contributed by atoms with Gasteiger partial charge < -0.3 is 14.3 Å². The van der Waals surface area contributed by atoms with Crippen molar-refractivity contribution >= 4 is 68.7 Å². The molecule has 9 nitrogen and oxygen atoms in total. The molecule has 0 saturated carbocycles. The van der Waals surface area contributed by atoms with Crippen molar-refractivity contribution in [2.24, 2.45) is 0 Å². The lowest BCUT2D eigenvalue weighted by molar-refractivity contribution is 0.414. The smallest absolute Gasteiger partial charge is 0.225 e. The number of rotatable bonds is 3. The number of aromatic nitrogens is 8. The van der Waals surface area contributed by atoms with Crippen molar-refractivity contribution in [2.75, 3.05) is 7.11 Å². The SMILES string of the molecule is COc1ccc(Cn2cnc3c(Cl)nc(Cl)nc32)cc1.Clc1nc(Cl)c2[nH]cnc2n1. The minimum Gasteiger partial charge on any atom is -0.497 e. The van der Waals surface area contributed by atoms with Crippen molar-refractivity contribution in [3.8, 4) is 5.75 Å². The molecule has 0 aliphatic carbocycles. The zero-order chi connectivity index (χ0) is 22.0. The highest BCUT2D eigenvalue weighted by Crippen LogP contribution is 2.22. The van der Waals surface area contributed by atoms with E-state index in [9.17, 15) is 0 Å². The van der Waals surface area contributed by atoms with Crippen LogP contribution >= 0.6 is 46.4 Å². The molecule has 0 aliphatic heterocycles. The Bertz CT molecular complexity index is 1350. The maximum atomic E-state index is 5.99. The predicted molar refractivity (Wildman–Crippen MR) is 119 cm³/mol. The van der Waals surface area contributed by atoms with Crippen LogP contribution in [0.5, 0.6) is 5.75 Å². The van der Waals surface area contributed by atoms with Crippen LogP contribution in [-0.4, -0.2) is 46.6 Å². The molecule has 158 valence electrons. The highest BCUT2D eigenvalue weighted by molar-refractivity contribution is 6.35. The summed E-state index contributed by atoms with van der Waals surface area (Å²) < 4.78 is 7.00. The van der Waals surface area contributed by atoms with E-state index >= 15 is 0 Å². The predicted octanol–water partition coefficient (Wildman–Crippen LogP) is 4.85. The molecule has 0 saturated heterocycles. The maximum absolute atomic E-state index is 5.99. The molecule has 0 atom stereocenters. The number of benzene rings is 1. The summed E-state index contributed by atoms with van der Waals surface area (Å²) in [6, 6.07) is 7.77. The average molecular weight is 498 g/mol. The third-order valence-corrected chi connectivity index (χ3v) is 5.00. The second-order valence-corrected chi connectivity index (χ2v) is 7.45. The van der Waals surface area contributed by atoms with E-state index in [1.807, 2.05) is 28.8 Å². The standard InChI is InChI=1S/C13H10Cl2N4O.C5H2Cl2N4/c1-20-9-4-2-8(3-5-9)6-19-7-16-10-11(14)17-13(15)18-12(10)19;6-3-2-4(9-1-8-2)11-5(7)10-3/h2-5,7H,6H2,1H3;1H,(H,8,9,10,11). The molecule has 5 rings (SSSR count). The normalized spacial score (nSPS) is 10.9. The van der Waals surface area contributed by atoms with Crippen LogP contribution in [-0.2, 0) is 6.54 Å². The number of nitrogens with one attached hydrogen (secondary N) is 1. The van der Waals surface area contributed by atoms with Gasteiger partial charge in [-0.1, -0.05) is 35.3 Å². The number of aromatic amines is 1. The van der Waals surface area contributed by atoms with Crippen molar-refractivity contribution in [2.45, 2.75) is 6.54 Å². The summed E-state index contributed by atoms with van der Waals surface area (Å²) in [5.41, 5.74) is 3.34. The average Bonchev–Trinajstić information content (AvgIpc) is 3.37. The third kappa shape index (κ3) is 4.80. The summed E-state index contributed by atoms with van der Waals surface area (Å²) in [7, 11) is 1.64. The van der Waals surface area contributed by atoms with E-state index < -0.39 is 0 Å². The second kappa shape index (κ2) is 9.19. The Balaban J connectivity index is 0.000000177. The Hall–Kier alpha value is -2.72. The van der Waals surface area contributed by atoms with Gasteiger partial charge in [0.1, 0.15) is 16.8 Å². The van der Waals surface area contributed by atoms with Gasteiger partial charge >= 0.3 is 0 Å². The molecule has 0 spiro atoms. The van der Waals surface area contributed by atoms with E-state index in [-0.39, 0.29) is 20.9 Å². The molecule has 1 N–H and O–H groups in total. The minimum atomic E-state index is 0.106. The summed E-state index contributed by atoms with van der Waals surface area (Å²) >= 11 is 23.0. The molecular weight excluding hydrogens is 486 g/mol. The van der Waals surface area contributed by atoms with Crippen LogP contribution in [0.2, 0.25) is 20.9 Å². The number of fused-ring (bicyclic) bond motifs is 2. The molecular formula is C18H12Cl4N8O. The minimum absolute atomic E-state index is 0.106. The highest BCUT2D eigenvalue weighted by atomic mass is 35.5. The molecule has 5 aromatic rings. The second-order valence-electron chi connectivity index (χ2n) is 6.06. The summed E-state index contributed by atoms with van der Waals surface area (Å²) in [4.78, 5) is 26.5. The van der Waals surface area contributed by atoms with Gasteiger partial charge in [0.05, 0.1) is 26.3 Å². The molecule has 13 heteroatoms. The number of ether oxygens (including phenoxy) is 1. The fourth-order valence-corrected chi connectivity index (χ4v) is 3.55. The zero-order valence-corrected chi connectivity index (χ0v) is 18.7. The molecule has 31 heavy (non-hydrogen) atoms. The first-order valence-corrected chi connectivity index (χ1v) is 10.1. The molecule has 0 radical (unpaired) electrons. The first kappa shape index (κ1) is 21.5. The first-order valence-electron chi connectivity index (χ1n) is 8.63. The van der Waals surface area contributed by atoms with Crippen LogP contribution in [0.1, 0.15) is 5.56 Å². The Morgan fingerprint density at radius 3 is 2.35 bits per heavy atom. The number of methoxy groups -OCH3 is 1. The monoisotopic (exact) mass is 496 g/mol. The van der Waals surface area contributed by atoms with Crippen LogP contribution in [0.3, 0.4) is 0 Å². The Labute approximate surface area is 195 Å². The Morgan fingerprint density at radius 1 is 0.903 bits per heavy atom. The van der Waals surface area contributed by atoms with Gasteiger partial charge in [0.15, 0.2) is 21.6 Å². The van der Waals surface area contributed by atoms with Gasteiger partial charge in [-0.05, 0) is 40.9 Å². The third-order valence-electron chi connectivity index (χ3n) is 4.12.